The fourth-order valence-corrected chi connectivity index (χ4v) is 1.40. The Balaban J connectivity index is 2.72. The molecule has 0 radical (unpaired) electrons. The zero-order valence-corrected chi connectivity index (χ0v) is 11.3. The minimum Gasteiger partial charge on any atom is -0.337 e. The van der Waals surface area contributed by atoms with Gasteiger partial charge < -0.3 is 16.4 Å². The Kier molecular flexibility index (Phi) is 4.99. The van der Waals surface area contributed by atoms with E-state index in [0.29, 0.717) is 6.54 Å². The first-order valence-electron chi connectivity index (χ1n) is 6.07. The molecule has 0 aliphatic rings. The van der Waals surface area contributed by atoms with Crippen molar-refractivity contribution in [1.82, 2.24) is 5.32 Å². The van der Waals surface area contributed by atoms with Gasteiger partial charge in [0.15, 0.2) is 0 Å². The molecular formula is C13H18F3N3O. The third-order valence-electron chi connectivity index (χ3n) is 2.76. The summed E-state index contributed by atoms with van der Waals surface area (Å²) >= 11 is 0. The van der Waals surface area contributed by atoms with Crippen LogP contribution in [0.5, 0.6) is 0 Å². The van der Waals surface area contributed by atoms with E-state index >= 15 is 0 Å². The number of nitrogens with one attached hydrogen (secondary N) is 2. The number of carbonyl (C=O) groups is 1. The van der Waals surface area contributed by atoms with Crippen molar-refractivity contribution < 1.29 is 18.0 Å². The normalized spacial score (nSPS) is 12.1. The number of carbonyl (C=O) groups excluding carboxylic acids is 1. The maximum Gasteiger partial charge on any atom is 0.418 e. The number of alkyl halides is 3. The fourth-order valence-electron chi connectivity index (χ4n) is 1.40. The number of benzene rings is 1. The lowest BCUT2D eigenvalue weighted by Gasteiger charge is -2.23. The molecule has 0 saturated heterocycles. The number of anilines is 1. The first-order valence-corrected chi connectivity index (χ1v) is 6.07. The Bertz CT molecular complexity index is 472. The SMILES string of the molecule is CC(C)(CN)CNC(=O)Nc1ccccc1C(F)(F)F. The van der Waals surface area contributed by atoms with Crippen molar-refractivity contribution in [2.24, 2.45) is 11.1 Å². The third kappa shape index (κ3) is 4.73. The fraction of sp³-hybridized carbons (Fsp3) is 0.462. The third-order valence-corrected chi connectivity index (χ3v) is 2.76. The summed E-state index contributed by atoms with van der Waals surface area (Å²) in [5.74, 6) is 0. The summed E-state index contributed by atoms with van der Waals surface area (Å²) in [4.78, 5) is 11.6. The quantitative estimate of drug-likeness (QED) is 0.798. The van der Waals surface area contributed by atoms with Crippen LogP contribution in [-0.2, 0) is 6.18 Å². The highest BCUT2D eigenvalue weighted by Gasteiger charge is 2.33. The van der Waals surface area contributed by atoms with Gasteiger partial charge in [-0.25, -0.2) is 4.79 Å². The molecule has 1 rings (SSSR count). The summed E-state index contributed by atoms with van der Waals surface area (Å²) < 4.78 is 38.2. The summed E-state index contributed by atoms with van der Waals surface area (Å²) in [5, 5.41) is 4.71. The molecule has 0 atom stereocenters. The summed E-state index contributed by atoms with van der Waals surface area (Å²) in [5.41, 5.74) is 4.03. The van der Waals surface area contributed by atoms with E-state index in [0.717, 1.165) is 6.07 Å². The van der Waals surface area contributed by atoms with Crippen LogP contribution in [0.25, 0.3) is 0 Å². The minimum atomic E-state index is -4.51. The monoisotopic (exact) mass is 289 g/mol. The van der Waals surface area contributed by atoms with Crippen LogP contribution in [0.15, 0.2) is 24.3 Å². The van der Waals surface area contributed by atoms with Gasteiger partial charge in [-0.15, -0.1) is 0 Å². The summed E-state index contributed by atoms with van der Waals surface area (Å²) in [6.45, 7) is 4.31. The number of para-hydroxylation sites is 1. The van der Waals surface area contributed by atoms with Crippen molar-refractivity contribution in [3.05, 3.63) is 29.8 Å². The largest absolute Gasteiger partial charge is 0.418 e. The maximum absolute atomic E-state index is 12.7. The molecule has 7 heteroatoms. The molecule has 0 aliphatic heterocycles. The van der Waals surface area contributed by atoms with E-state index in [9.17, 15) is 18.0 Å². The van der Waals surface area contributed by atoms with E-state index in [1.165, 1.54) is 18.2 Å². The van der Waals surface area contributed by atoms with Gasteiger partial charge in [-0.2, -0.15) is 13.2 Å². The molecule has 0 spiro atoms. The van der Waals surface area contributed by atoms with Gasteiger partial charge in [0.05, 0.1) is 11.3 Å². The molecule has 112 valence electrons. The number of rotatable bonds is 4. The summed E-state index contributed by atoms with van der Waals surface area (Å²) in [6.07, 6.45) is -4.51. The number of urea groups is 1. The van der Waals surface area contributed by atoms with Gasteiger partial charge in [0.25, 0.3) is 0 Å². The van der Waals surface area contributed by atoms with Crippen molar-refractivity contribution in [2.75, 3.05) is 18.4 Å². The second-order valence-corrected chi connectivity index (χ2v) is 5.22. The molecule has 1 aromatic carbocycles. The van der Waals surface area contributed by atoms with Crippen molar-refractivity contribution in [3.63, 3.8) is 0 Å². The Labute approximate surface area is 115 Å². The standard InChI is InChI=1S/C13H18F3N3O/c1-12(2,7-17)8-18-11(20)19-10-6-4-3-5-9(10)13(14,15)16/h3-6H,7-8,17H2,1-2H3,(H2,18,19,20). The first kappa shape index (κ1) is 16.3. The van der Waals surface area contributed by atoms with Crippen LogP contribution < -0.4 is 16.4 Å². The second-order valence-electron chi connectivity index (χ2n) is 5.22. The van der Waals surface area contributed by atoms with Crippen molar-refractivity contribution in [3.8, 4) is 0 Å². The molecule has 4 N–H and O–H groups in total. The Morgan fingerprint density at radius 2 is 1.85 bits per heavy atom. The highest BCUT2D eigenvalue weighted by Crippen LogP contribution is 2.34. The highest BCUT2D eigenvalue weighted by molar-refractivity contribution is 5.90. The van der Waals surface area contributed by atoms with E-state index in [4.69, 9.17) is 5.73 Å². The first-order chi connectivity index (χ1) is 9.15. The van der Waals surface area contributed by atoms with Crippen LogP contribution in [0.3, 0.4) is 0 Å². The van der Waals surface area contributed by atoms with E-state index in [2.05, 4.69) is 10.6 Å². The number of halogens is 3. The average molecular weight is 289 g/mol. The van der Waals surface area contributed by atoms with Gasteiger partial charge in [-0.3, -0.25) is 0 Å². The van der Waals surface area contributed by atoms with Crippen molar-refractivity contribution >= 4 is 11.7 Å². The van der Waals surface area contributed by atoms with Gasteiger partial charge in [0.1, 0.15) is 0 Å². The predicted octanol–water partition coefficient (Wildman–Crippen LogP) is 2.81. The van der Waals surface area contributed by atoms with Crippen LogP contribution >= 0.6 is 0 Å². The molecule has 0 saturated carbocycles. The molecule has 4 nitrogen and oxygen atoms in total. The van der Waals surface area contributed by atoms with Crippen molar-refractivity contribution in [1.29, 1.82) is 0 Å². The number of hydrogen-bond donors (Lipinski definition) is 3. The molecule has 0 heterocycles. The van der Waals surface area contributed by atoms with Gasteiger partial charge in [0.2, 0.25) is 0 Å². The molecule has 0 fully saturated rings. The van der Waals surface area contributed by atoms with Gasteiger partial charge in [-0.05, 0) is 24.1 Å². The van der Waals surface area contributed by atoms with Crippen LogP contribution in [-0.4, -0.2) is 19.1 Å². The maximum atomic E-state index is 12.7. The van der Waals surface area contributed by atoms with E-state index in [1.807, 2.05) is 13.8 Å². The van der Waals surface area contributed by atoms with Gasteiger partial charge in [0, 0.05) is 6.54 Å². The Morgan fingerprint density at radius 3 is 2.40 bits per heavy atom. The highest BCUT2D eigenvalue weighted by atomic mass is 19.4. The smallest absolute Gasteiger partial charge is 0.337 e. The average Bonchev–Trinajstić information content (AvgIpc) is 2.36. The lowest BCUT2D eigenvalue weighted by atomic mass is 9.94. The molecule has 0 aromatic heterocycles. The van der Waals surface area contributed by atoms with Crippen molar-refractivity contribution in [2.45, 2.75) is 20.0 Å². The van der Waals surface area contributed by atoms with E-state index in [-0.39, 0.29) is 17.6 Å². The minimum absolute atomic E-state index is 0.267. The summed E-state index contributed by atoms with van der Waals surface area (Å²) in [6, 6.07) is 4.12. The second kappa shape index (κ2) is 6.13. The lowest BCUT2D eigenvalue weighted by Crippen LogP contribution is -2.40. The predicted molar refractivity (Wildman–Crippen MR) is 71.3 cm³/mol. The van der Waals surface area contributed by atoms with E-state index < -0.39 is 17.8 Å². The topological polar surface area (TPSA) is 67.1 Å². The van der Waals surface area contributed by atoms with Crippen LogP contribution in [0, 0.1) is 5.41 Å². The molecule has 0 unspecified atom stereocenters. The number of amides is 2. The Morgan fingerprint density at radius 1 is 1.25 bits per heavy atom. The van der Waals surface area contributed by atoms with E-state index in [1.54, 1.807) is 0 Å². The molecular weight excluding hydrogens is 271 g/mol. The molecule has 2 amide bonds. The molecule has 0 aliphatic carbocycles. The number of hydrogen-bond acceptors (Lipinski definition) is 2. The van der Waals surface area contributed by atoms with Gasteiger partial charge >= 0.3 is 12.2 Å². The zero-order chi connectivity index (χ0) is 15.4. The number of nitrogens with two attached hydrogens (primary N) is 1. The summed E-state index contributed by atoms with van der Waals surface area (Å²) in [7, 11) is 0. The van der Waals surface area contributed by atoms with Crippen LogP contribution in [0.2, 0.25) is 0 Å². The molecule has 20 heavy (non-hydrogen) atoms. The molecule has 0 bridgehead atoms. The van der Waals surface area contributed by atoms with Crippen LogP contribution in [0.1, 0.15) is 19.4 Å². The Hall–Kier alpha value is -1.76. The lowest BCUT2D eigenvalue weighted by molar-refractivity contribution is -0.136. The van der Waals surface area contributed by atoms with Gasteiger partial charge in [-0.1, -0.05) is 26.0 Å². The molecule has 1 aromatic rings. The van der Waals surface area contributed by atoms with Crippen LogP contribution in [0.4, 0.5) is 23.7 Å². The zero-order valence-electron chi connectivity index (χ0n) is 11.3.